The first kappa shape index (κ1) is 10.2. The van der Waals surface area contributed by atoms with Crippen LogP contribution in [0.25, 0.3) is 11.5 Å². The molecule has 0 saturated carbocycles. The van der Waals surface area contributed by atoms with Crippen LogP contribution in [0.2, 0.25) is 5.15 Å². The second-order valence-electron chi connectivity index (χ2n) is 3.69. The summed E-state index contributed by atoms with van der Waals surface area (Å²) in [5, 5.41) is 0.391. The summed E-state index contributed by atoms with van der Waals surface area (Å²) in [6, 6.07) is 10.1. The molecule has 0 fully saturated rings. The quantitative estimate of drug-likeness (QED) is 0.651. The van der Waals surface area contributed by atoms with E-state index >= 15 is 0 Å². The third kappa shape index (κ3) is 1.87. The molecule has 0 radical (unpaired) electrons. The predicted molar refractivity (Wildman–Crippen MR) is 65.0 cm³/mol. The molecule has 0 unspecified atom stereocenters. The van der Waals surface area contributed by atoms with Crippen LogP contribution >= 0.6 is 11.6 Å². The number of nitrogens with zero attached hydrogens (tertiary/aromatic N) is 4. The van der Waals surface area contributed by atoms with Crippen LogP contribution in [0.1, 0.15) is 5.56 Å². The van der Waals surface area contributed by atoms with E-state index in [0.717, 1.165) is 5.82 Å². The van der Waals surface area contributed by atoms with Crippen LogP contribution in [0.5, 0.6) is 0 Å². The van der Waals surface area contributed by atoms with Crippen LogP contribution < -0.4 is 0 Å². The molecule has 0 saturated heterocycles. The SMILES string of the molecule is Clc1ncn(Cc2ccccc2)c2ncnc1-2. The maximum Gasteiger partial charge on any atom is 0.165 e. The van der Waals surface area contributed by atoms with E-state index in [0.29, 0.717) is 17.4 Å². The average molecular weight is 245 g/mol. The standard InChI is InChI=1S/C12H9ClN4/c13-11-10-12(15-7-14-10)17(8-16-11)6-9-4-2-1-3-5-9/h1-5,7-8H,6H2. The highest BCUT2D eigenvalue weighted by molar-refractivity contribution is 6.31. The van der Waals surface area contributed by atoms with Crippen LogP contribution in [0, 0.1) is 0 Å². The summed E-state index contributed by atoms with van der Waals surface area (Å²) in [7, 11) is 0. The molecule has 1 aromatic rings. The number of halogens is 1. The van der Waals surface area contributed by atoms with Gasteiger partial charge in [0.15, 0.2) is 11.0 Å². The Balaban J connectivity index is 2.02. The normalized spacial score (nSPS) is 10.9. The van der Waals surface area contributed by atoms with Crippen molar-refractivity contribution in [2.24, 2.45) is 0 Å². The van der Waals surface area contributed by atoms with Crippen LogP contribution in [-0.2, 0) is 6.54 Å². The molecule has 4 nitrogen and oxygen atoms in total. The van der Waals surface area contributed by atoms with E-state index in [4.69, 9.17) is 11.6 Å². The van der Waals surface area contributed by atoms with Gasteiger partial charge in [-0.3, -0.25) is 0 Å². The van der Waals surface area contributed by atoms with Gasteiger partial charge in [-0.25, -0.2) is 15.0 Å². The summed E-state index contributed by atoms with van der Waals surface area (Å²) in [6.45, 7) is 0.709. The lowest BCUT2D eigenvalue weighted by Gasteiger charge is -2.10. The molecule has 1 aromatic carbocycles. The Hall–Kier alpha value is -1.94. The minimum atomic E-state index is 0.391. The molecule has 0 atom stereocenters. The second-order valence-corrected chi connectivity index (χ2v) is 4.05. The van der Waals surface area contributed by atoms with Crippen molar-refractivity contribution in [2.75, 3.05) is 0 Å². The zero-order chi connectivity index (χ0) is 11.7. The topological polar surface area (TPSA) is 43.6 Å². The van der Waals surface area contributed by atoms with Crippen molar-refractivity contribution >= 4 is 11.6 Å². The number of fused-ring (bicyclic) bond motifs is 1. The number of hydrogen-bond acceptors (Lipinski definition) is 3. The van der Waals surface area contributed by atoms with Gasteiger partial charge in [-0.2, -0.15) is 0 Å². The molecule has 5 heteroatoms. The van der Waals surface area contributed by atoms with Gasteiger partial charge in [0.2, 0.25) is 0 Å². The maximum atomic E-state index is 5.95. The van der Waals surface area contributed by atoms with E-state index in [1.54, 1.807) is 6.33 Å². The third-order valence-electron chi connectivity index (χ3n) is 2.55. The minimum Gasteiger partial charge on any atom is -0.311 e. The lowest BCUT2D eigenvalue weighted by Crippen LogP contribution is -2.06. The average Bonchev–Trinajstić information content (AvgIpc) is 2.84. The van der Waals surface area contributed by atoms with Crippen molar-refractivity contribution in [3.05, 3.63) is 53.7 Å². The van der Waals surface area contributed by atoms with Crippen LogP contribution in [0.3, 0.4) is 0 Å². The monoisotopic (exact) mass is 244 g/mol. The summed E-state index contributed by atoms with van der Waals surface area (Å²) < 4.78 is 1.93. The van der Waals surface area contributed by atoms with Crippen LogP contribution in [-0.4, -0.2) is 19.5 Å². The molecule has 0 aliphatic carbocycles. The molecule has 0 bridgehead atoms. The van der Waals surface area contributed by atoms with Gasteiger partial charge in [0.25, 0.3) is 0 Å². The Labute approximate surface area is 103 Å². The van der Waals surface area contributed by atoms with Gasteiger partial charge in [0, 0.05) is 0 Å². The molecule has 84 valence electrons. The number of rotatable bonds is 2. The largest absolute Gasteiger partial charge is 0.311 e. The summed E-state index contributed by atoms with van der Waals surface area (Å²) in [5.41, 5.74) is 1.83. The molecule has 2 aliphatic rings. The smallest absolute Gasteiger partial charge is 0.165 e. The summed E-state index contributed by atoms with van der Waals surface area (Å²) in [5.74, 6) is 0.758. The maximum absolute atomic E-state index is 5.95. The molecular weight excluding hydrogens is 236 g/mol. The van der Waals surface area contributed by atoms with Crippen LogP contribution in [0.4, 0.5) is 0 Å². The van der Waals surface area contributed by atoms with E-state index in [9.17, 15) is 0 Å². The zero-order valence-corrected chi connectivity index (χ0v) is 9.67. The fourth-order valence-electron chi connectivity index (χ4n) is 1.75. The van der Waals surface area contributed by atoms with E-state index in [-0.39, 0.29) is 0 Å². The van der Waals surface area contributed by atoms with Crippen molar-refractivity contribution in [3.8, 4) is 11.5 Å². The van der Waals surface area contributed by atoms with Gasteiger partial charge in [-0.05, 0) is 5.56 Å². The Bertz CT molecular complexity index is 605. The van der Waals surface area contributed by atoms with Crippen LogP contribution in [0.15, 0.2) is 43.0 Å². The predicted octanol–water partition coefficient (Wildman–Crippen LogP) is 2.48. The molecule has 0 spiro atoms. The van der Waals surface area contributed by atoms with Crippen molar-refractivity contribution in [1.82, 2.24) is 19.5 Å². The Morgan fingerprint density at radius 3 is 2.71 bits per heavy atom. The number of benzene rings is 1. The summed E-state index contributed by atoms with van der Waals surface area (Å²) in [4.78, 5) is 12.4. The molecule has 17 heavy (non-hydrogen) atoms. The highest BCUT2D eigenvalue weighted by Crippen LogP contribution is 2.23. The highest BCUT2D eigenvalue weighted by Gasteiger charge is 2.14. The lowest BCUT2D eigenvalue weighted by atomic mass is 10.2. The van der Waals surface area contributed by atoms with Gasteiger partial charge in [-0.1, -0.05) is 41.9 Å². The van der Waals surface area contributed by atoms with Crippen molar-refractivity contribution < 1.29 is 0 Å². The highest BCUT2D eigenvalue weighted by atomic mass is 35.5. The molecule has 2 heterocycles. The molecule has 3 rings (SSSR count). The number of hydrogen-bond donors (Lipinski definition) is 0. The fraction of sp³-hybridized carbons (Fsp3) is 0.0833. The Morgan fingerprint density at radius 2 is 1.88 bits per heavy atom. The Morgan fingerprint density at radius 1 is 1.06 bits per heavy atom. The number of aromatic nitrogens is 4. The van der Waals surface area contributed by atoms with Gasteiger partial charge in [-0.15, -0.1) is 0 Å². The van der Waals surface area contributed by atoms with Crippen molar-refractivity contribution in [1.29, 1.82) is 0 Å². The van der Waals surface area contributed by atoms with Crippen molar-refractivity contribution in [2.45, 2.75) is 6.54 Å². The second kappa shape index (κ2) is 4.14. The van der Waals surface area contributed by atoms with Gasteiger partial charge in [0.05, 0.1) is 12.9 Å². The van der Waals surface area contributed by atoms with Gasteiger partial charge < -0.3 is 4.57 Å². The lowest BCUT2D eigenvalue weighted by molar-refractivity contribution is 0.760. The molecule has 0 amide bonds. The van der Waals surface area contributed by atoms with E-state index in [2.05, 4.69) is 27.1 Å². The third-order valence-corrected chi connectivity index (χ3v) is 2.83. The molecule has 0 N–H and O–H groups in total. The first-order valence-electron chi connectivity index (χ1n) is 5.20. The van der Waals surface area contributed by atoms with E-state index in [1.807, 2.05) is 22.8 Å². The first-order chi connectivity index (χ1) is 8.34. The first-order valence-corrected chi connectivity index (χ1v) is 5.57. The zero-order valence-electron chi connectivity index (χ0n) is 8.92. The van der Waals surface area contributed by atoms with E-state index in [1.165, 1.54) is 11.9 Å². The van der Waals surface area contributed by atoms with Gasteiger partial charge in [0.1, 0.15) is 12.0 Å². The van der Waals surface area contributed by atoms with E-state index < -0.39 is 0 Å². The molecule has 0 aromatic heterocycles. The molecular formula is C12H9ClN4. The Kier molecular flexibility index (Phi) is 2.49. The van der Waals surface area contributed by atoms with Gasteiger partial charge >= 0.3 is 0 Å². The van der Waals surface area contributed by atoms with Crippen molar-refractivity contribution in [3.63, 3.8) is 0 Å². The molecule has 2 aliphatic heterocycles. The fourth-order valence-corrected chi connectivity index (χ4v) is 1.92. The number of imidazole rings is 1. The minimum absolute atomic E-state index is 0.391. The summed E-state index contributed by atoms with van der Waals surface area (Å²) in [6.07, 6.45) is 3.19. The summed E-state index contributed by atoms with van der Waals surface area (Å²) >= 11 is 5.95.